The lowest BCUT2D eigenvalue weighted by Gasteiger charge is -2.46. The Morgan fingerprint density at radius 1 is 0.500 bits per heavy atom. The van der Waals surface area contributed by atoms with Crippen molar-refractivity contribution < 1.29 is 0 Å². The highest BCUT2D eigenvalue weighted by molar-refractivity contribution is 5.22. The van der Waals surface area contributed by atoms with E-state index in [1.807, 2.05) is 0 Å². The van der Waals surface area contributed by atoms with Crippen LogP contribution in [0.25, 0.3) is 0 Å². The lowest BCUT2D eigenvalue weighted by molar-refractivity contribution is 0.0826. The van der Waals surface area contributed by atoms with E-state index in [9.17, 15) is 0 Å². The van der Waals surface area contributed by atoms with Gasteiger partial charge in [0.15, 0.2) is 0 Å². The SMILES string of the molecule is c1ccc(C(C2CCCCC2)C(C2CCCCC2)C2CCCCC2)cc1. The fraction of sp³-hybridized carbons (Fsp3) is 0.769. The van der Waals surface area contributed by atoms with Crippen LogP contribution < -0.4 is 0 Å². The molecule has 4 rings (SSSR count). The van der Waals surface area contributed by atoms with E-state index in [0.717, 1.165) is 29.6 Å². The molecule has 0 radical (unpaired) electrons. The molecule has 3 aliphatic rings. The summed E-state index contributed by atoms with van der Waals surface area (Å²) in [5.41, 5.74) is 1.69. The minimum Gasteiger partial charge on any atom is -0.0622 e. The van der Waals surface area contributed by atoms with Gasteiger partial charge in [0, 0.05) is 0 Å². The van der Waals surface area contributed by atoms with Crippen LogP contribution in [0.1, 0.15) is 108 Å². The quantitative estimate of drug-likeness (QED) is 0.502. The third kappa shape index (κ3) is 4.37. The molecule has 1 aromatic rings. The third-order valence-electron chi connectivity index (χ3n) is 8.15. The largest absolute Gasteiger partial charge is 0.0622 e. The van der Waals surface area contributed by atoms with E-state index < -0.39 is 0 Å². The van der Waals surface area contributed by atoms with Crippen LogP contribution in [0, 0.1) is 23.7 Å². The van der Waals surface area contributed by atoms with Crippen molar-refractivity contribution in [2.24, 2.45) is 23.7 Å². The first kappa shape index (κ1) is 18.6. The summed E-state index contributed by atoms with van der Waals surface area (Å²) in [6, 6.07) is 11.8. The Hall–Kier alpha value is -0.780. The van der Waals surface area contributed by atoms with Crippen LogP contribution in [0.4, 0.5) is 0 Å². The van der Waals surface area contributed by atoms with Gasteiger partial charge in [-0.05, 0) is 48.0 Å². The van der Waals surface area contributed by atoms with E-state index in [2.05, 4.69) is 30.3 Å². The van der Waals surface area contributed by atoms with Gasteiger partial charge in [-0.15, -0.1) is 0 Å². The van der Waals surface area contributed by atoms with Gasteiger partial charge in [-0.2, -0.15) is 0 Å². The molecule has 0 aromatic heterocycles. The highest BCUT2D eigenvalue weighted by Crippen LogP contribution is 2.51. The second kappa shape index (κ2) is 9.43. The number of hydrogen-bond donors (Lipinski definition) is 0. The van der Waals surface area contributed by atoms with Crippen LogP contribution in [0.2, 0.25) is 0 Å². The topological polar surface area (TPSA) is 0 Å². The summed E-state index contributed by atoms with van der Waals surface area (Å²) >= 11 is 0. The van der Waals surface area contributed by atoms with Gasteiger partial charge >= 0.3 is 0 Å². The van der Waals surface area contributed by atoms with Crippen molar-refractivity contribution in [3.63, 3.8) is 0 Å². The summed E-state index contributed by atoms with van der Waals surface area (Å²) in [7, 11) is 0. The first-order valence-electron chi connectivity index (χ1n) is 12.0. The van der Waals surface area contributed by atoms with Crippen LogP contribution in [0.5, 0.6) is 0 Å². The van der Waals surface area contributed by atoms with Crippen molar-refractivity contribution in [1.29, 1.82) is 0 Å². The Morgan fingerprint density at radius 3 is 1.38 bits per heavy atom. The normalized spacial score (nSPS) is 25.4. The van der Waals surface area contributed by atoms with E-state index in [-0.39, 0.29) is 0 Å². The zero-order valence-electron chi connectivity index (χ0n) is 16.9. The molecule has 0 N–H and O–H groups in total. The van der Waals surface area contributed by atoms with Crippen LogP contribution in [0.15, 0.2) is 30.3 Å². The Morgan fingerprint density at radius 2 is 0.923 bits per heavy atom. The summed E-state index contributed by atoms with van der Waals surface area (Å²) in [5, 5.41) is 0. The van der Waals surface area contributed by atoms with Crippen molar-refractivity contribution in [1.82, 2.24) is 0 Å². The fourth-order valence-electron chi connectivity index (χ4n) is 6.99. The molecule has 1 atom stereocenters. The first-order valence-corrected chi connectivity index (χ1v) is 12.0. The highest BCUT2D eigenvalue weighted by atomic mass is 14.5. The molecule has 3 fully saturated rings. The average Bonchev–Trinajstić information content (AvgIpc) is 2.74. The summed E-state index contributed by atoms with van der Waals surface area (Å²) in [6.07, 6.45) is 22.5. The van der Waals surface area contributed by atoms with E-state index in [0.29, 0.717) is 0 Å². The molecule has 0 heteroatoms. The molecule has 0 aliphatic heterocycles. The van der Waals surface area contributed by atoms with Crippen LogP contribution >= 0.6 is 0 Å². The lowest BCUT2D eigenvalue weighted by Crippen LogP contribution is -2.36. The first-order chi connectivity index (χ1) is 12.9. The number of hydrogen-bond acceptors (Lipinski definition) is 0. The Bertz CT molecular complexity index is 482. The highest BCUT2D eigenvalue weighted by Gasteiger charge is 2.40. The van der Waals surface area contributed by atoms with E-state index >= 15 is 0 Å². The molecule has 3 aliphatic carbocycles. The molecular weight excluding hydrogens is 312 g/mol. The van der Waals surface area contributed by atoms with Crippen molar-refractivity contribution in [2.75, 3.05) is 0 Å². The number of rotatable bonds is 5. The van der Waals surface area contributed by atoms with Gasteiger partial charge in [0.1, 0.15) is 0 Å². The molecule has 0 amide bonds. The maximum absolute atomic E-state index is 2.48. The molecule has 0 saturated heterocycles. The van der Waals surface area contributed by atoms with Crippen LogP contribution in [0.3, 0.4) is 0 Å². The molecule has 0 bridgehead atoms. The van der Waals surface area contributed by atoms with Gasteiger partial charge in [0.25, 0.3) is 0 Å². The third-order valence-corrected chi connectivity index (χ3v) is 8.15. The maximum atomic E-state index is 2.48. The van der Waals surface area contributed by atoms with E-state index in [4.69, 9.17) is 0 Å². The summed E-state index contributed by atoms with van der Waals surface area (Å²) in [6.45, 7) is 0. The second-order valence-electron chi connectivity index (χ2n) is 9.71. The average molecular weight is 353 g/mol. The monoisotopic (exact) mass is 352 g/mol. The van der Waals surface area contributed by atoms with Gasteiger partial charge in [0.05, 0.1) is 0 Å². The molecular formula is C26H40. The Labute approximate surface area is 162 Å². The van der Waals surface area contributed by atoms with Crippen molar-refractivity contribution >= 4 is 0 Å². The van der Waals surface area contributed by atoms with E-state index in [1.165, 1.54) is 96.3 Å². The Kier molecular flexibility index (Phi) is 6.74. The van der Waals surface area contributed by atoms with Gasteiger partial charge in [-0.3, -0.25) is 0 Å². The molecule has 0 heterocycles. The standard InChI is InChI=1S/C26H40/c1-5-13-21(14-6-1)25(22-15-7-2-8-16-22)26(23-17-9-3-10-18-23)24-19-11-4-12-20-24/h1,5-6,13-14,22-26H,2-4,7-12,15-20H2. The molecule has 1 unspecified atom stereocenters. The lowest BCUT2D eigenvalue weighted by atomic mass is 9.59. The smallest absolute Gasteiger partial charge is 0.01000 e. The summed E-state index contributed by atoms with van der Waals surface area (Å²) in [4.78, 5) is 0. The zero-order chi connectivity index (χ0) is 17.6. The maximum Gasteiger partial charge on any atom is -0.01000 e. The van der Waals surface area contributed by atoms with Crippen molar-refractivity contribution in [2.45, 2.75) is 102 Å². The van der Waals surface area contributed by atoms with Crippen LogP contribution in [-0.4, -0.2) is 0 Å². The molecule has 144 valence electrons. The summed E-state index contributed by atoms with van der Waals surface area (Å²) < 4.78 is 0. The Balaban J connectivity index is 1.66. The second-order valence-corrected chi connectivity index (χ2v) is 9.71. The van der Waals surface area contributed by atoms with Gasteiger partial charge < -0.3 is 0 Å². The fourth-order valence-corrected chi connectivity index (χ4v) is 6.99. The van der Waals surface area contributed by atoms with Crippen LogP contribution in [-0.2, 0) is 0 Å². The molecule has 26 heavy (non-hydrogen) atoms. The predicted molar refractivity (Wildman–Crippen MR) is 112 cm³/mol. The molecule has 0 nitrogen and oxygen atoms in total. The minimum atomic E-state index is 0.850. The van der Waals surface area contributed by atoms with E-state index in [1.54, 1.807) is 5.56 Å². The zero-order valence-corrected chi connectivity index (χ0v) is 16.9. The van der Waals surface area contributed by atoms with Crippen molar-refractivity contribution in [3.8, 4) is 0 Å². The summed E-state index contributed by atoms with van der Waals surface area (Å²) in [5.74, 6) is 4.81. The molecule has 0 spiro atoms. The van der Waals surface area contributed by atoms with Crippen molar-refractivity contribution in [3.05, 3.63) is 35.9 Å². The van der Waals surface area contributed by atoms with Gasteiger partial charge in [-0.1, -0.05) is 114 Å². The van der Waals surface area contributed by atoms with Gasteiger partial charge in [0.2, 0.25) is 0 Å². The number of benzene rings is 1. The van der Waals surface area contributed by atoms with Gasteiger partial charge in [-0.25, -0.2) is 0 Å². The molecule has 3 saturated carbocycles. The predicted octanol–water partition coefficient (Wildman–Crippen LogP) is 8.13. The minimum absolute atomic E-state index is 0.850. The molecule has 1 aromatic carbocycles.